The minimum atomic E-state index is -0.690. The molecule has 0 spiro atoms. The third kappa shape index (κ3) is 1.68. The molecular formula is C10H7ClFNO2. The molecule has 1 heterocycles. The standard InChI is InChI=1S/C10H7ClFNO2/c1-2-8-13-10(14)9-6(12)3-5(11)4-7(9)15-8/h2-4H,1H3,(H,13,14)/b8-2+. The summed E-state index contributed by atoms with van der Waals surface area (Å²) in [6.07, 6.45) is 1.57. The largest absolute Gasteiger partial charge is 0.440 e. The van der Waals surface area contributed by atoms with Crippen molar-refractivity contribution in [2.45, 2.75) is 6.92 Å². The topological polar surface area (TPSA) is 38.3 Å². The number of amides is 1. The molecule has 78 valence electrons. The van der Waals surface area contributed by atoms with Gasteiger partial charge in [-0.3, -0.25) is 10.1 Å². The Morgan fingerprint density at radius 3 is 2.93 bits per heavy atom. The van der Waals surface area contributed by atoms with Gasteiger partial charge in [0.2, 0.25) is 0 Å². The summed E-state index contributed by atoms with van der Waals surface area (Å²) in [6, 6.07) is 2.48. The van der Waals surface area contributed by atoms with Crippen LogP contribution in [0.4, 0.5) is 4.39 Å². The summed E-state index contributed by atoms with van der Waals surface area (Å²) < 4.78 is 18.6. The molecule has 0 atom stereocenters. The zero-order valence-corrected chi connectivity index (χ0v) is 8.56. The number of hydrogen-bond donors (Lipinski definition) is 1. The minimum Gasteiger partial charge on any atom is -0.440 e. The van der Waals surface area contributed by atoms with Gasteiger partial charge in [-0.25, -0.2) is 4.39 Å². The third-order valence-electron chi connectivity index (χ3n) is 1.96. The summed E-state index contributed by atoms with van der Waals surface area (Å²) in [5, 5.41) is 2.59. The van der Waals surface area contributed by atoms with Crippen LogP contribution in [0.5, 0.6) is 5.75 Å². The first-order valence-corrected chi connectivity index (χ1v) is 4.64. The molecule has 1 amide bonds. The number of carbonyl (C=O) groups is 1. The molecule has 2 rings (SSSR count). The first-order valence-electron chi connectivity index (χ1n) is 4.26. The van der Waals surface area contributed by atoms with Crippen LogP contribution in [0.2, 0.25) is 5.02 Å². The fraction of sp³-hybridized carbons (Fsp3) is 0.100. The number of allylic oxidation sites excluding steroid dienone is 1. The molecule has 0 fully saturated rings. The Bertz CT molecular complexity index is 471. The zero-order valence-electron chi connectivity index (χ0n) is 7.80. The van der Waals surface area contributed by atoms with Crippen LogP contribution in [-0.2, 0) is 0 Å². The van der Waals surface area contributed by atoms with Crippen molar-refractivity contribution in [2.24, 2.45) is 0 Å². The van der Waals surface area contributed by atoms with Crippen LogP contribution in [0.15, 0.2) is 24.1 Å². The maximum atomic E-state index is 13.4. The van der Waals surface area contributed by atoms with Gasteiger partial charge in [0.05, 0.1) is 0 Å². The Morgan fingerprint density at radius 2 is 2.27 bits per heavy atom. The van der Waals surface area contributed by atoms with E-state index < -0.39 is 11.7 Å². The van der Waals surface area contributed by atoms with E-state index in [1.165, 1.54) is 6.07 Å². The summed E-state index contributed by atoms with van der Waals surface area (Å²) >= 11 is 5.65. The lowest BCUT2D eigenvalue weighted by molar-refractivity contribution is 0.0922. The highest BCUT2D eigenvalue weighted by molar-refractivity contribution is 6.31. The molecule has 0 saturated heterocycles. The summed E-state index contributed by atoms with van der Waals surface area (Å²) in [4.78, 5) is 11.5. The quantitative estimate of drug-likeness (QED) is 0.739. The zero-order chi connectivity index (χ0) is 11.0. The average Bonchev–Trinajstić information content (AvgIpc) is 2.15. The highest BCUT2D eigenvalue weighted by Gasteiger charge is 2.25. The summed E-state index contributed by atoms with van der Waals surface area (Å²) in [7, 11) is 0. The Hall–Kier alpha value is -1.55. The second-order valence-electron chi connectivity index (χ2n) is 2.97. The molecule has 1 aliphatic heterocycles. The molecule has 1 aromatic carbocycles. The number of rotatable bonds is 0. The third-order valence-corrected chi connectivity index (χ3v) is 2.18. The van der Waals surface area contributed by atoms with Crippen molar-refractivity contribution in [3.05, 3.63) is 40.5 Å². The van der Waals surface area contributed by atoms with Crippen LogP contribution in [-0.4, -0.2) is 5.91 Å². The summed E-state index contributed by atoms with van der Waals surface area (Å²) in [6.45, 7) is 1.70. The highest BCUT2D eigenvalue weighted by atomic mass is 35.5. The lowest BCUT2D eigenvalue weighted by Crippen LogP contribution is -2.31. The van der Waals surface area contributed by atoms with Gasteiger partial charge in [0.25, 0.3) is 5.91 Å². The number of carbonyl (C=O) groups excluding carboxylic acids is 1. The smallest absolute Gasteiger partial charge is 0.264 e. The van der Waals surface area contributed by atoms with Crippen molar-refractivity contribution in [1.82, 2.24) is 5.32 Å². The number of nitrogens with one attached hydrogen (secondary N) is 1. The van der Waals surface area contributed by atoms with E-state index in [1.54, 1.807) is 13.0 Å². The molecule has 0 aromatic heterocycles. The van der Waals surface area contributed by atoms with E-state index in [0.717, 1.165) is 6.07 Å². The van der Waals surface area contributed by atoms with Crippen molar-refractivity contribution in [3.8, 4) is 5.75 Å². The molecule has 1 aromatic rings. The van der Waals surface area contributed by atoms with Crippen molar-refractivity contribution < 1.29 is 13.9 Å². The van der Waals surface area contributed by atoms with E-state index in [-0.39, 0.29) is 22.2 Å². The normalized spacial score (nSPS) is 17.0. The van der Waals surface area contributed by atoms with Gasteiger partial charge in [0, 0.05) is 11.1 Å². The Morgan fingerprint density at radius 1 is 1.53 bits per heavy atom. The first kappa shape index (κ1) is 9.98. The maximum Gasteiger partial charge on any atom is 0.264 e. The summed E-state index contributed by atoms with van der Waals surface area (Å²) in [5.74, 6) is -0.810. The summed E-state index contributed by atoms with van der Waals surface area (Å²) in [5.41, 5.74) is -0.120. The van der Waals surface area contributed by atoms with Gasteiger partial charge in [-0.15, -0.1) is 0 Å². The van der Waals surface area contributed by atoms with E-state index in [1.807, 2.05) is 0 Å². The van der Waals surface area contributed by atoms with Crippen LogP contribution in [0.3, 0.4) is 0 Å². The lowest BCUT2D eigenvalue weighted by Gasteiger charge is -2.20. The van der Waals surface area contributed by atoms with E-state index in [9.17, 15) is 9.18 Å². The highest BCUT2D eigenvalue weighted by Crippen LogP contribution is 2.30. The molecule has 1 N–H and O–H groups in total. The monoisotopic (exact) mass is 227 g/mol. The molecule has 0 saturated carbocycles. The fourth-order valence-electron chi connectivity index (χ4n) is 1.30. The van der Waals surface area contributed by atoms with Crippen molar-refractivity contribution in [3.63, 3.8) is 0 Å². The number of benzene rings is 1. The van der Waals surface area contributed by atoms with Crippen LogP contribution in [0.25, 0.3) is 0 Å². The fourth-order valence-corrected chi connectivity index (χ4v) is 1.50. The van der Waals surface area contributed by atoms with Gasteiger partial charge in [0.1, 0.15) is 17.1 Å². The van der Waals surface area contributed by atoms with Gasteiger partial charge in [-0.1, -0.05) is 11.6 Å². The van der Waals surface area contributed by atoms with Gasteiger partial charge in [-0.05, 0) is 19.1 Å². The Kier molecular flexibility index (Phi) is 2.36. The Labute approximate surface area is 90.5 Å². The number of hydrogen-bond acceptors (Lipinski definition) is 2. The van der Waals surface area contributed by atoms with E-state index >= 15 is 0 Å². The number of ether oxygens (including phenoxy) is 1. The number of fused-ring (bicyclic) bond motifs is 1. The van der Waals surface area contributed by atoms with Crippen molar-refractivity contribution in [1.29, 1.82) is 0 Å². The average molecular weight is 228 g/mol. The molecule has 0 bridgehead atoms. The van der Waals surface area contributed by atoms with Crippen molar-refractivity contribution >= 4 is 17.5 Å². The molecule has 1 aliphatic rings. The molecule has 5 heteroatoms. The predicted molar refractivity (Wildman–Crippen MR) is 53.3 cm³/mol. The predicted octanol–water partition coefficient (Wildman–Crippen LogP) is 2.46. The molecule has 0 aliphatic carbocycles. The van der Waals surface area contributed by atoms with Crippen molar-refractivity contribution in [2.75, 3.05) is 0 Å². The maximum absolute atomic E-state index is 13.4. The van der Waals surface area contributed by atoms with Gasteiger partial charge in [0.15, 0.2) is 5.88 Å². The molecule has 0 radical (unpaired) electrons. The SMILES string of the molecule is C/C=C1\NC(=O)c2c(F)cc(Cl)cc2O1. The van der Waals surface area contributed by atoms with Gasteiger partial charge < -0.3 is 4.74 Å². The van der Waals surface area contributed by atoms with E-state index in [0.29, 0.717) is 0 Å². The van der Waals surface area contributed by atoms with Gasteiger partial charge in [-0.2, -0.15) is 0 Å². The Balaban J connectivity index is 2.59. The van der Waals surface area contributed by atoms with E-state index in [4.69, 9.17) is 16.3 Å². The second-order valence-corrected chi connectivity index (χ2v) is 3.41. The molecule has 15 heavy (non-hydrogen) atoms. The minimum absolute atomic E-state index is 0.120. The molecular weight excluding hydrogens is 221 g/mol. The van der Waals surface area contributed by atoms with Crippen LogP contribution in [0, 0.1) is 5.82 Å². The van der Waals surface area contributed by atoms with Gasteiger partial charge >= 0.3 is 0 Å². The first-order chi connectivity index (χ1) is 7.11. The number of halogens is 2. The molecule has 3 nitrogen and oxygen atoms in total. The van der Waals surface area contributed by atoms with Crippen LogP contribution < -0.4 is 10.1 Å². The lowest BCUT2D eigenvalue weighted by atomic mass is 10.1. The van der Waals surface area contributed by atoms with Crippen LogP contribution in [0.1, 0.15) is 17.3 Å². The molecule has 0 unspecified atom stereocenters. The second kappa shape index (κ2) is 3.55. The van der Waals surface area contributed by atoms with Crippen LogP contribution >= 0.6 is 11.6 Å². The van der Waals surface area contributed by atoms with E-state index in [2.05, 4.69) is 5.32 Å².